The first-order chi connectivity index (χ1) is 10.5. The third-order valence-corrected chi connectivity index (χ3v) is 2.74. The summed E-state index contributed by atoms with van der Waals surface area (Å²) in [6, 6.07) is 7.37. The number of carboxylic acids is 1. The molecule has 5 N–H and O–H groups in total. The van der Waals surface area contributed by atoms with Crippen LogP contribution in [0.25, 0.3) is 10.9 Å². The second-order valence-electron chi connectivity index (χ2n) is 4.21. The molecular weight excluding hydrogens is 308 g/mol. The number of anilines is 3. The molecule has 0 aliphatic rings. The van der Waals surface area contributed by atoms with E-state index in [9.17, 15) is 0 Å². The number of nitrogen functional groups attached to an aromatic ring is 1. The molecule has 0 unspecified atom stereocenters. The molecule has 0 bridgehead atoms. The number of aliphatic carboxylic acids is 1. The standard InChI is InChI=1S/C11H9ClN6.C2H4O2/c12-10-7-5-6(1-2-8(7)17-18-10)15-9-3-4-14-11(13)16-9;1-2(3)4/h1-5H,(H,17,18)(H3,13,14,15,16);1H3,(H,3,4). The van der Waals surface area contributed by atoms with E-state index in [2.05, 4.69) is 25.5 Å². The Morgan fingerprint density at radius 3 is 2.82 bits per heavy atom. The van der Waals surface area contributed by atoms with Crippen LogP contribution in [-0.4, -0.2) is 31.2 Å². The van der Waals surface area contributed by atoms with Crippen LogP contribution in [0, 0.1) is 0 Å². The minimum Gasteiger partial charge on any atom is -0.481 e. The topological polar surface area (TPSA) is 130 Å². The van der Waals surface area contributed by atoms with E-state index in [0.717, 1.165) is 23.5 Å². The highest BCUT2D eigenvalue weighted by atomic mass is 35.5. The maximum absolute atomic E-state index is 9.00. The number of benzene rings is 1. The number of aromatic nitrogens is 4. The lowest BCUT2D eigenvalue weighted by Crippen LogP contribution is -1.98. The van der Waals surface area contributed by atoms with Gasteiger partial charge in [0, 0.05) is 24.2 Å². The molecule has 0 spiro atoms. The maximum Gasteiger partial charge on any atom is 0.300 e. The minimum absolute atomic E-state index is 0.224. The molecule has 3 aromatic rings. The molecule has 0 aliphatic heterocycles. The van der Waals surface area contributed by atoms with Crippen molar-refractivity contribution >= 4 is 45.9 Å². The van der Waals surface area contributed by atoms with Gasteiger partial charge in [0.2, 0.25) is 5.95 Å². The van der Waals surface area contributed by atoms with E-state index in [0.29, 0.717) is 11.0 Å². The van der Waals surface area contributed by atoms with Crippen molar-refractivity contribution in [2.45, 2.75) is 6.92 Å². The molecule has 9 heteroatoms. The van der Waals surface area contributed by atoms with Gasteiger partial charge in [-0.3, -0.25) is 9.89 Å². The molecule has 1 aromatic carbocycles. The van der Waals surface area contributed by atoms with Crippen LogP contribution >= 0.6 is 11.6 Å². The zero-order valence-corrected chi connectivity index (χ0v) is 12.3. The third-order valence-electron chi connectivity index (χ3n) is 2.45. The Morgan fingerprint density at radius 1 is 1.41 bits per heavy atom. The summed E-state index contributed by atoms with van der Waals surface area (Å²) in [5.41, 5.74) is 7.18. The molecule has 0 saturated heterocycles. The van der Waals surface area contributed by atoms with Gasteiger partial charge in [-0.15, -0.1) is 0 Å². The zero-order chi connectivity index (χ0) is 16.1. The van der Waals surface area contributed by atoms with Gasteiger partial charge in [0.1, 0.15) is 11.0 Å². The van der Waals surface area contributed by atoms with Gasteiger partial charge in [-0.2, -0.15) is 10.1 Å². The van der Waals surface area contributed by atoms with Crippen molar-refractivity contribution in [3.8, 4) is 0 Å². The summed E-state index contributed by atoms with van der Waals surface area (Å²) in [7, 11) is 0. The molecule has 0 aliphatic carbocycles. The SMILES string of the molecule is CC(=O)O.Nc1nccc(Nc2ccc3n[nH]c(Cl)c3c2)n1. The van der Waals surface area contributed by atoms with Crippen molar-refractivity contribution in [2.75, 3.05) is 11.1 Å². The fraction of sp³-hybridized carbons (Fsp3) is 0.0769. The lowest BCUT2D eigenvalue weighted by molar-refractivity contribution is -0.134. The molecular formula is C13H13ClN6O2. The summed E-state index contributed by atoms with van der Waals surface area (Å²) in [4.78, 5) is 16.9. The number of fused-ring (bicyclic) bond motifs is 1. The number of carboxylic acid groups (broad SMARTS) is 1. The lowest BCUT2D eigenvalue weighted by atomic mass is 10.2. The third kappa shape index (κ3) is 4.06. The summed E-state index contributed by atoms with van der Waals surface area (Å²) >= 11 is 5.98. The van der Waals surface area contributed by atoms with Crippen LogP contribution in [0.1, 0.15) is 6.92 Å². The number of aromatic amines is 1. The van der Waals surface area contributed by atoms with Crippen molar-refractivity contribution < 1.29 is 9.90 Å². The fourth-order valence-corrected chi connectivity index (χ4v) is 1.84. The number of nitrogens with two attached hydrogens (primary N) is 1. The zero-order valence-electron chi connectivity index (χ0n) is 11.5. The normalized spacial score (nSPS) is 9.91. The molecule has 0 atom stereocenters. The first-order valence-corrected chi connectivity index (χ1v) is 6.52. The van der Waals surface area contributed by atoms with E-state index >= 15 is 0 Å². The average Bonchev–Trinajstić information content (AvgIpc) is 2.80. The average molecular weight is 321 g/mol. The van der Waals surface area contributed by atoms with Crippen LogP contribution in [0.15, 0.2) is 30.5 Å². The second kappa shape index (κ2) is 6.72. The van der Waals surface area contributed by atoms with Gasteiger partial charge in [0.15, 0.2) is 0 Å². The molecule has 2 aromatic heterocycles. The Kier molecular flexibility index (Phi) is 4.74. The van der Waals surface area contributed by atoms with Gasteiger partial charge < -0.3 is 16.2 Å². The number of hydrogen-bond donors (Lipinski definition) is 4. The van der Waals surface area contributed by atoms with E-state index < -0.39 is 5.97 Å². The van der Waals surface area contributed by atoms with Gasteiger partial charge in [0.25, 0.3) is 5.97 Å². The molecule has 0 saturated carbocycles. The van der Waals surface area contributed by atoms with Gasteiger partial charge in [-0.1, -0.05) is 11.6 Å². The highest BCUT2D eigenvalue weighted by Crippen LogP contribution is 2.25. The molecule has 0 radical (unpaired) electrons. The summed E-state index contributed by atoms with van der Waals surface area (Å²) in [5.74, 6) is 0.0175. The van der Waals surface area contributed by atoms with Crippen molar-refractivity contribution in [2.24, 2.45) is 0 Å². The molecule has 3 rings (SSSR count). The number of halogens is 1. The van der Waals surface area contributed by atoms with Crippen molar-refractivity contribution in [3.05, 3.63) is 35.6 Å². The van der Waals surface area contributed by atoms with Crippen LogP contribution in [0.3, 0.4) is 0 Å². The van der Waals surface area contributed by atoms with Gasteiger partial charge in [0.05, 0.1) is 5.52 Å². The lowest BCUT2D eigenvalue weighted by Gasteiger charge is -2.05. The first-order valence-electron chi connectivity index (χ1n) is 6.14. The van der Waals surface area contributed by atoms with Crippen molar-refractivity contribution in [3.63, 3.8) is 0 Å². The van der Waals surface area contributed by atoms with E-state index in [1.807, 2.05) is 18.2 Å². The number of H-pyrrole nitrogens is 1. The van der Waals surface area contributed by atoms with Crippen LogP contribution < -0.4 is 11.1 Å². The van der Waals surface area contributed by atoms with E-state index in [1.54, 1.807) is 12.3 Å². The maximum atomic E-state index is 9.00. The van der Waals surface area contributed by atoms with E-state index in [1.165, 1.54) is 0 Å². The van der Waals surface area contributed by atoms with Gasteiger partial charge in [-0.05, 0) is 24.3 Å². The Bertz CT molecular complexity index is 800. The summed E-state index contributed by atoms with van der Waals surface area (Å²) in [6.07, 6.45) is 1.59. The van der Waals surface area contributed by atoms with Gasteiger partial charge in [-0.25, -0.2) is 4.98 Å². The van der Waals surface area contributed by atoms with Crippen molar-refractivity contribution in [1.82, 2.24) is 20.2 Å². The molecule has 114 valence electrons. The number of carbonyl (C=O) groups is 1. The van der Waals surface area contributed by atoms with E-state index in [4.69, 9.17) is 27.2 Å². The summed E-state index contributed by atoms with van der Waals surface area (Å²) < 4.78 is 0. The molecule has 0 amide bonds. The van der Waals surface area contributed by atoms with Gasteiger partial charge >= 0.3 is 0 Å². The largest absolute Gasteiger partial charge is 0.481 e. The fourth-order valence-electron chi connectivity index (χ4n) is 1.65. The molecule has 0 fully saturated rings. The van der Waals surface area contributed by atoms with Crippen molar-refractivity contribution in [1.29, 1.82) is 0 Å². The summed E-state index contributed by atoms with van der Waals surface area (Å²) in [6.45, 7) is 1.08. The monoisotopic (exact) mass is 320 g/mol. The minimum atomic E-state index is -0.833. The van der Waals surface area contributed by atoms with Crippen LogP contribution in [0.2, 0.25) is 5.15 Å². The Labute approximate surface area is 130 Å². The predicted molar refractivity (Wildman–Crippen MR) is 84.1 cm³/mol. The Hall–Kier alpha value is -2.87. The number of nitrogens with zero attached hydrogens (tertiary/aromatic N) is 3. The highest BCUT2D eigenvalue weighted by molar-refractivity contribution is 6.34. The molecule has 22 heavy (non-hydrogen) atoms. The second-order valence-corrected chi connectivity index (χ2v) is 4.59. The molecule has 2 heterocycles. The first kappa shape index (κ1) is 15.5. The Balaban J connectivity index is 0.000000396. The number of hydrogen-bond acceptors (Lipinski definition) is 6. The highest BCUT2D eigenvalue weighted by Gasteiger charge is 2.04. The number of nitrogens with one attached hydrogen (secondary N) is 2. The predicted octanol–water partition coefficient (Wildman–Crippen LogP) is 2.42. The Morgan fingerprint density at radius 2 is 2.14 bits per heavy atom. The van der Waals surface area contributed by atoms with Crippen LogP contribution in [-0.2, 0) is 4.79 Å². The summed E-state index contributed by atoms with van der Waals surface area (Å²) in [5, 5.41) is 18.7. The number of rotatable bonds is 2. The smallest absolute Gasteiger partial charge is 0.300 e. The van der Waals surface area contributed by atoms with Crippen LogP contribution in [0.4, 0.5) is 17.5 Å². The van der Waals surface area contributed by atoms with E-state index in [-0.39, 0.29) is 5.95 Å². The molecule has 8 nitrogen and oxygen atoms in total. The van der Waals surface area contributed by atoms with Crippen LogP contribution in [0.5, 0.6) is 0 Å². The quantitative estimate of drug-likeness (QED) is 0.570.